The molecule has 142 valence electrons. The van der Waals surface area contributed by atoms with E-state index < -0.39 is 0 Å². The van der Waals surface area contributed by atoms with Crippen LogP contribution in [0.3, 0.4) is 0 Å². The van der Waals surface area contributed by atoms with Crippen LogP contribution in [0.15, 0.2) is 40.8 Å². The first-order valence-corrected chi connectivity index (χ1v) is 9.46. The second-order valence-corrected chi connectivity index (χ2v) is 7.61. The van der Waals surface area contributed by atoms with Crippen LogP contribution >= 0.6 is 0 Å². The third kappa shape index (κ3) is 4.15. The molecule has 6 nitrogen and oxygen atoms in total. The predicted molar refractivity (Wildman–Crippen MR) is 99.2 cm³/mol. The molecule has 0 bridgehead atoms. The fourth-order valence-corrected chi connectivity index (χ4v) is 3.34. The van der Waals surface area contributed by atoms with Gasteiger partial charge in [0.15, 0.2) is 0 Å². The lowest BCUT2D eigenvalue weighted by molar-refractivity contribution is -0.131. The molecule has 2 N–H and O–H groups in total. The Labute approximate surface area is 158 Å². The first-order valence-electron chi connectivity index (χ1n) is 9.46. The molecule has 1 heterocycles. The normalized spacial score (nSPS) is 20.9. The SMILES string of the molecule is C[C@@H]1C[C@H]1c1ccc(CN(C(=O)CNC(=O)c2ccc(O)cc2)C2CC2)o1. The number of nitrogens with one attached hydrogen (secondary N) is 1. The summed E-state index contributed by atoms with van der Waals surface area (Å²) in [6.45, 7) is 2.60. The Balaban J connectivity index is 1.34. The van der Waals surface area contributed by atoms with E-state index in [2.05, 4.69) is 12.2 Å². The first-order chi connectivity index (χ1) is 13.0. The van der Waals surface area contributed by atoms with Crippen LogP contribution < -0.4 is 5.32 Å². The lowest BCUT2D eigenvalue weighted by Gasteiger charge is -2.21. The van der Waals surface area contributed by atoms with Crippen molar-refractivity contribution < 1.29 is 19.1 Å². The lowest BCUT2D eigenvalue weighted by Crippen LogP contribution is -2.41. The van der Waals surface area contributed by atoms with Gasteiger partial charge in [0.1, 0.15) is 17.3 Å². The fourth-order valence-electron chi connectivity index (χ4n) is 3.34. The molecule has 6 heteroatoms. The smallest absolute Gasteiger partial charge is 0.251 e. The molecule has 2 saturated carbocycles. The number of aromatic hydroxyl groups is 1. The van der Waals surface area contributed by atoms with Gasteiger partial charge in [0, 0.05) is 17.5 Å². The number of hydrogen-bond acceptors (Lipinski definition) is 4. The number of hydrogen-bond donors (Lipinski definition) is 2. The maximum absolute atomic E-state index is 12.7. The van der Waals surface area contributed by atoms with Crippen molar-refractivity contribution >= 4 is 11.8 Å². The number of carbonyl (C=O) groups is 2. The van der Waals surface area contributed by atoms with Gasteiger partial charge in [-0.05, 0) is 61.6 Å². The zero-order valence-corrected chi connectivity index (χ0v) is 15.4. The van der Waals surface area contributed by atoms with Crippen LogP contribution in [0.5, 0.6) is 5.75 Å². The minimum absolute atomic E-state index is 0.0521. The molecular weight excluding hydrogens is 344 g/mol. The molecule has 0 spiro atoms. The van der Waals surface area contributed by atoms with E-state index in [9.17, 15) is 14.7 Å². The number of nitrogens with zero attached hydrogens (tertiary/aromatic N) is 1. The summed E-state index contributed by atoms with van der Waals surface area (Å²) in [5.41, 5.74) is 0.410. The molecule has 0 saturated heterocycles. The topological polar surface area (TPSA) is 82.8 Å². The van der Waals surface area contributed by atoms with Gasteiger partial charge in [0.2, 0.25) is 5.91 Å². The average Bonchev–Trinajstić information content (AvgIpc) is 3.58. The molecular formula is C21H24N2O4. The monoisotopic (exact) mass is 368 g/mol. The van der Waals surface area contributed by atoms with Crippen molar-refractivity contribution in [3.05, 3.63) is 53.5 Å². The second-order valence-electron chi connectivity index (χ2n) is 7.61. The standard InChI is InChI=1S/C21H24N2O4/c1-13-10-18(13)19-9-8-17(27-19)12-23(15-4-5-15)20(25)11-22-21(26)14-2-6-16(24)7-3-14/h2-3,6-9,13,15,18,24H,4-5,10-12H2,1H3,(H,22,26)/t13-,18-/m1/s1. The van der Waals surface area contributed by atoms with Gasteiger partial charge in [-0.25, -0.2) is 0 Å². The van der Waals surface area contributed by atoms with Gasteiger partial charge in [-0.3, -0.25) is 9.59 Å². The molecule has 0 radical (unpaired) electrons. The Morgan fingerprint density at radius 1 is 1.19 bits per heavy atom. The Bertz CT molecular complexity index is 838. The number of rotatable bonds is 7. The molecule has 27 heavy (non-hydrogen) atoms. The van der Waals surface area contributed by atoms with Crippen LogP contribution in [0.1, 0.15) is 54.0 Å². The van der Waals surface area contributed by atoms with Crippen molar-refractivity contribution in [2.45, 2.75) is 44.7 Å². The maximum Gasteiger partial charge on any atom is 0.251 e. The molecule has 1 aromatic heterocycles. The van der Waals surface area contributed by atoms with E-state index in [0.29, 0.717) is 23.9 Å². The van der Waals surface area contributed by atoms with Crippen LogP contribution in [0.2, 0.25) is 0 Å². The van der Waals surface area contributed by atoms with E-state index in [0.717, 1.165) is 24.4 Å². The molecule has 2 aliphatic rings. The van der Waals surface area contributed by atoms with E-state index in [1.807, 2.05) is 12.1 Å². The van der Waals surface area contributed by atoms with Crippen molar-refractivity contribution in [1.29, 1.82) is 0 Å². The fraction of sp³-hybridized carbons (Fsp3) is 0.429. The lowest BCUT2D eigenvalue weighted by atomic mass is 10.2. The van der Waals surface area contributed by atoms with E-state index in [4.69, 9.17) is 4.42 Å². The van der Waals surface area contributed by atoms with E-state index in [-0.39, 0.29) is 30.2 Å². The molecule has 2 aliphatic carbocycles. The van der Waals surface area contributed by atoms with Crippen molar-refractivity contribution in [2.75, 3.05) is 6.54 Å². The first kappa shape index (κ1) is 17.6. The van der Waals surface area contributed by atoms with E-state index in [1.165, 1.54) is 30.7 Å². The zero-order valence-electron chi connectivity index (χ0n) is 15.4. The van der Waals surface area contributed by atoms with Crippen molar-refractivity contribution in [2.24, 2.45) is 5.92 Å². The van der Waals surface area contributed by atoms with Gasteiger partial charge in [0.25, 0.3) is 5.91 Å². The summed E-state index contributed by atoms with van der Waals surface area (Å²) in [5, 5.41) is 12.0. The number of furan rings is 1. The van der Waals surface area contributed by atoms with Crippen molar-refractivity contribution in [1.82, 2.24) is 10.2 Å². The highest BCUT2D eigenvalue weighted by atomic mass is 16.3. The van der Waals surface area contributed by atoms with Crippen LogP contribution in [0.25, 0.3) is 0 Å². The van der Waals surface area contributed by atoms with Crippen LogP contribution in [0.4, 0.5) is 0 Å². The second kappa shape index (κ2) is 7.10. The van der Waals surface area contributed by atoms with Crippen LogP contribution in [0, 0.1) is 5.92 Å². The number of carbonyl (C=O) groups excluding carboxylic acids is 2. The van der Waals surface area contributed by atoms with Gasteiger partial charge in [-0.1, -0.05) is 6.92 Å². The Morgan fingerprint density at radius 3 is 2.52 bits per heavy atom. The van der Waals surface area contributed by atoms with Gasteiger partial charge in [-0.15, -0.1) is 0 Å². The highest BCUT2D eigenvalue weighted by Gasteiger charge is 2.37. The average molecular weight is 368 g/mol. The van der Waals surface area contributed by atoms with E-state index in [1.54, 1.807) is 4.90 Å². The van der Waals surface area contributed by atoms with Gasteiger partial charge in [0.05, 0.1) is 13.1 Å². The number of phenols is 1. The number of amides is 2. The molecule has 0 unspecified atom stereocenters. The third-order valence-corrected chi connectivity index (χ3v) is 5.32. The summed E-state index contributed by atoms with van der Waals surface area (Å²) < 4.78 is 5.94. The highest BCUT2D eigenvalue weighted by Crippen LogP contribution is 2.47. The van der Waals surface area contributed by atoms with Gasteiger partial charge < -0.3 is 19.7 Å². The Morgan fingerprint density at radius 2 is 1.89 bits per heavy atom. The quantitative estimate of drug-likeness (QED) is 0.787. The summed E-state index contributed by atoms with van der Waals surface area (Å²) in [4.78, 5) is 26.6. The third-order valence-electron chi connectivity index (χ3n) is 5.32. The summed E-state index contributed by atoms with van der Waals surface area (Å²) >= 11 is 0. The van der Waals surface area contributed by atoms with E-state index >= 15 is 0 Å². The summed E-state index contributed by atoms with van der Waals surface area (Å²) in [6.07, 6.45) is 3.15. The highest BCUT2D eigenvalue weighted by molar-refractivity contribution is 5.96. The van der Waals surface area contributed by atoms with Gasteiger partial charge in [-0.2, -0.15) is 0 Å². The minimum Gasteiger partial charge on any atom is -0.508 e. The Kier molecular flexibility index (Phi) is 4.64. The molecule has 0 aliphatic heterocycles. The predicted octanol–water partition coefficient (Wildman–Crippen LogP) is 3.03. The molecule has 2 atom stereocenters. The van der Waals surface area contributed by atoms with Crippen LogP contribution in [-0.2, 0) is 11.3 Å². The molecule has 2 amide bonds. The molecule has 2 aromatic rings. The molecule has 4 rings (SSSR count). The maximum atomic E-state index is 12.7. The van der Waals surface area contributed by atoms with Crippen molar-refractivity contribution in [3.63, 3.8) is 0 Å². The van der Waals surface area contributed by atoms with Crippen LogP contribution in [-0.4, -0.2) is 34.4 Å². The largest absolute Gasteiger partial charge is 0.508 e. The molecule has 2 fully saturated rings. The number of benzene rings is 1. The summed E-state index contributed by atoms with van der Waals surface area (Å²) in [6, 6.07) is 10.2. The summed E-state index contributed by atoms with van der Waals surface area (Å²) in [5.74, 6) is 2.68. The summed E-state index contributed by atoms with van der Waals surface area (Å²) in [7, 11) is 0. The van der Waals surface area contributed by atoms with Gasteiger partial charge >= 0.3 is 0 Å². The van der Waals surface area contributed by atoms with Crippen molar-refractivity contribution in [3.8, 4) is 5.75 Å². The minimum atomic E-state index is -0.331. The number of phenolic OH excluding ortho intramolecular Hbond substituents is 1. The zero-order chi connectivity index (χ0) is 19.0. The molecule has 1 aromatic carbocycles. The Hall–Kier alpha value is -2.76.